The predicted octanol–water partition coefficient (Wildman–Crippen LogP) is 4.30. The lowest BCUT2D eigenvalue weighted by atomic mass is 10.1. The third-order valence-electron chi connectivity index (χ3n) is 2.60. The highest BCUT2D eigenvalue weighted by molar-refractivity contribution is 7.98. The highest BCUT2D eigenvalue weighted by atomic mass is 32.2. The minimum absolute atomic E-state index is 0.0320. The molecule has 2 aromatic rings. The first-order valence-electron chi connectivity index (χ1n) is 5.71. The van der Waals surface area contributed by atoms with Gasteiger partial charge in [-0.25, -0.2) is 0 Å². The zero-order valence-electron chi connectivity index (χ0n) is 10.2. The van der Waals surface area contributed by atoms with Gasteiger partial charge in [0, 0.05) is 10.5 Å². The highest BCUT2D eigenvalue weighted by Crippen LogP contribution is 2.15. The smallest absolute Gasteiger partial charge is 0.185 e. The summed E-state index contributed by atoms with van der Waals surface area (Å²) >= 11 is 1.71. The second-order valence-electron chi connectivity index (χ2n) is 3.84. The molecular formula is C16H14OS. The number of rotatable bonds is 4. The van der Waals surface area contributed by atoms with Crippen molar-refractivity contribution in [2.24, 2.45) is 0 Å². The molecule has 90 valence electrons. The van der Waals surface area contributed by atoms with Gasteiger partial charge in [-0.05, 0) is 30.0 Å². The summed E-state index contributed by atoms with van der Waals surface area (Å²) < 4.78 is 0. The molecule has 0 aliphatic carbocycles. The van der Waals surface area contributed by atoms with E-state index in [0.717, 1.165) is 11.1 Å². The van der Waals surface area contributed by atoms with E-state index in [1.54, 1.807) is 17.8 Å². The largest absolute Gasteiger partial charge is 0.289 e. The zero-order valence-corrected chi connectivity index (χ0v) is 11.0. The van der Waals surface area contributed by atoms with Gasteiger partial charge >= 0.3 is 0 Å². The van der Waals surface area contributed by atoms with Crippen LogP contribution in [0.25, 0.3) is 6.08 Å². The second kappa shape index (κ2) is 6.22. The number of carbonyl (C=O) groups excluding carboxylic acids is 1. The SMILES string of the molecule is CSc1ccc(/C=C/C(=O)c2ccccc2)cc1. The third-order valence-corrected chi connectivity index (χ3v) is 3.34. The number of ketones is 1. The molecule has 0 saturated heterocycles. The van der Waals surface area contributed by atoms with E-state index in [-0.39, 0.29) is 5.78 Å². The Balaban J connectivity index is 2.08. The Morgan fingerprint density at radius 3 is 2.28 bits per heavy atom. The number of hydrogen-bond donors (Lipinski definition) is 0. The van der Waals surface area contributed by atoms with Crippen molar-refractivity contribution in [2.75, 3.05) is 6.26 Å². The van der Waals surface area contributed by atoms with Gasteiger partial charge in [-0.1, -0.05) is 48.5 Å². The van der Waals surface area contributed by atoms with Gasteiger partial charge in [0.15, 0.2) is 5.78 Å². The molecule has 0 heterocycles. The van der Waals surface area contributed by atoms with Crippen molar-refractivity contribution >= 4 is 23.6 Å². The molecule has 18 heavy (non-hydrogen) atoms. The van der Waals surface area contributed by atoms with E-state index < -0.39 is 0 Å². The molecule has 0 aliphatic heterocycles. The van der Waals surface area contributed by atoms with Crippen LogP contribution in [0, 0.1) is 0 Å². The third kappa shape index (κ3) is 3.34. The Kier molecular flexibility index (Phi) is 4.37. The van der Waals surface area contributed by atoms with Crippen molar-refractivity contribution in [3.8, 4) is 0 Å². The lowest BCUT2D eigenvalue weighted by Crippen LogP contribution is -1.92. The van der Waals surface area contributed by atoms with Gasteiger partial charge in [0.2, 0.25) is 0 Å². The number of carbonyl (C=O) groups is 1. The normalized spacial score (nSPS) is 10.7. The van der Waals surface area contributed by atoms with Gasteiger partial charge in [0.25, 0.3) is 0 Å². The lowest BCUT2D eigenvalue weighted by Gasteiger charge is -1.97. The summed E-state index contributed by atoms with van der Waals surface area (Å²) in [5.41, 5.74) is 1.76. The summed E-state index contributed by atoms with van der Waals surface area (Å²) in [6.45, 7) is 0. The average Bonchev–Trinajstić information content (AvgIpc) is 2.46. The molecule has 0 radical (unpaired) electrons. The van der Waals surface area contributed by atoms with E-state index in [4.69, 9.17) is 0 Å². The first-order chi connectivity index (χ1) is 8.79. The van der Waals surface area contributed by atoms with E-state index in [1.165, 1.54) is 4.90 Å². The zero-order chi connectivity index (χ0) is 12.8. The molecule has 0 aromatic heterocycles. The Morgan fingerprint density at radius 2 is 1.67 bits per heavy atom. The molecule has 0 spiro atoms. The molecule has 0 amide bonds. The minimum atomic E-state index is 0.0320. The number of thioether (sulfide) groups is 1. The second-order valence-corrected chi connectivity index (χ2v) is 4.72. The molecule has 0 N–H and O–H groups in total. The molecule has 0 aliphatic rings. The highest BCUT2D eigenvalue weighted by Gasteiger charge is 1.99. The maximum atomic E-state index is 11.9. The summed E-state index contributed by atoms with van der Waals surface area (Å²) in [6, 6.07) is 17.4. The molecule has 0 unspecified atom stereocenters. The van der Waals surface area contributed by atoms with Gasteiger partial charge in [-0.15, -0.1) is 11.8 Å². The van der Waals surface area contributed by atoms with Crippen LogP contribution >= 0.6 is 11.8 Å². The van der Waals surface area contributed by atoms with Crippen molar-refractivity contribution < 1.29 is 4.79 Å². The van der Waals surface area contributed by atoms with Crippen LogP contribution in [0.3, 0.4) is 0 Å². The number of hydrogen-bond acceptors (Lipinski definition) is 2. The van der Waals surface area contributed by atoms with Gasteiger partial charge in [0.05, 0.1) is 0 Å². The number of allylic oxidation sites excluding steroid dienone is 1. The van der Waals surface area contributed by atoms with Crippen molar-refractivity contribution in [1.29, 1.82) is 0 Å². The Morgan fingerprint density at radius 1 is 1.00 bits per heavy atom. The molecule has 0 saturated carbocycles. The summed E-state index contributed by atoms with van der Waals surface area (Å²) in [5, 5.41) is 0. The summed E-state index contributed by atoms with van der Waals surface area (Å²) in [4.78, 5) is 13.1. The average molecular weight is 254 g/mol. The minimum Gasteiger partial charge on any atom is -0.289 e. The van der Waals surface area contributed by atoms with Crippen LogP contribution in [0.4, 0.5) is 0 Å². The van der Waals surface area contributed by atoms with Crippen molar-refractivity contribution in [2.45, 2.75) is 4.90 Å². The van der Waals surface area contributed by atoms with Gasteiger partial charge < -0.3 is 0 Å². The van der Waals surface area contributed by atoms with Crippen LogP contribution in [-0.2, 0) is 0 Å². The van der Waals surface area contributed by atoms with E-state index in [2.05, 4.69) is 12.1 Å². The summed E-state index contributed by atoms with van der Waals surface area (Å²) in [7, 11) is 0. The van der Waals surface area contributed by atoms with Crippen LogP contribution in [0.5, 0.6) is 0 Å². The standard InChI is InChI=1S/C16H14OS/c1-18-15-10-7-13(8-11-15)9-12-16(17)14-5-3-2-4-6-14/h2-12H,1H3/b12-9+. The Bertz CT molecular complexity index is 541. The summed E-state index contributed by atoms with van der Waals surface area (Å²) in [5.74, 6) is 0.0320. The van der Waals surface area contributed by atoms with Crippen LogP contribution in [0.1, 0.15) is 15.9 Å². The molecule has 0 bridgehead atoms. The number of benzene rings is 2. The molecule has 2 aromatic carbocycles. The maximum absolute atomic E-state index is 11.9. The first kappa shape index (κ1) is 12.7. The Labute approximate surface area is 112 Å². The van der Waals surface area contributed by atoms with Gasteiger partial charge in [-0.2, -0.15) is 0 Å². The monoisotopic (exact) mass is 254 g/mol. The molecule has 1 nitrogen and oxygen atoms in total. The van der Waals surface area contributed by atoms with Crippen molar-refractivity contribution in [3.63, 3.8) is 0 Å². The molecule has 0 atom stereocenters. The van der Waals surface area contributed by atoms with Gasteiger partial charge in [-0.3, -0.25) is 4.79 Å². The fraction of sp³-hybridized carbons (Fsp3) is 0.0625. The van der Waals surface area contributed by atoms with E-state index >= 15 is 0 Å². The fourth-order valence-electron chi connectivity index (χ4n) is 1.59. The maximum Gasteiger partial charge on any atom is 0.185 e. The first-order valence-corrected chi connectivity index (χ1v) is 6.93. The van der Waals surface area contributed by atoms with Crippen LogP contribution in [0.2, 0.25) is 0 Å². The van der Waals surface area contributed by atoms with Crippen molar-refractivity contribution in [1.82, 2.24) is 0 Å². The fourth-order valence-corrected chi connectivity index (χ4v) is 1.99. The van der Waals surface area contributed by atoms with Crippen LogP contribution in [0.15, 0.2) is 65.6 Å². The van der Waals surface area contributed by atoms with E-state index in [9.17, 15) is 4.79 Å². The molecule has 2 heteroatoms. The molecule has 0 fully saturated rings. The van der Waals surface area contributed by atoms with Crippen LogP contribution in [-0.4, -0.2) is 12.0 Å². The molecule has 2 rings (SSSR count). The van der Waals surface area contributed by atoms with Crippen LogP contribution < -0.4 is 0 Å². The quantitative estimate of drug-likeness (QED) is 0.459. The topological polar surface area (TPSA) is 17.1 Å². The Hall–Kier alpha value is -1.80. The van der Waals surface area contributed by atoms with E-state index in [1.807, 2.05) is 54.8 Å². The lowest BCUT2D eigenvalue weighted by molar-refractivity contribution is 0.104. The van der Waals surface area contributed by atoms with Crippen molar-refractivity contribution in [3.05, 3.63) is 71.8 Å². The summed E-state index contributed by atoms with van der Waals surface area (Å²) in [6.07, 6.45) is 5.51. The predicted molar refractivity (Wildman–Crippen MR) is 78.0 cm³/mol. The van der Waals surface area contributed by atoms with E-state index in [0.29, 0.717) is 0 Å². The van der Waals surface area contributed by atoms with Gasteiger partial charge in [0.1, 0.15) is 0 Å². The molecular weight excluding hydrogens is 240 g/mol.